The van der Waals surface area contributed by atoms with Gasteiger partial charge in [-0.05, 0) is 24.6 Å². The van der Waals surface area contributed by atoms with Crippen molar-refractivity contribution in [2.75, 3.05) is 6.54 Å². The van der Waals surface area contributed by atoms with Gasteiger partial charge in [0.15, 0.2) is 0 Å². The van der Waals surface area contributed by atoms with Gasteiger partial charge in [-0.15, -0.1) is 0 Å². The minimum Gasteiger partial charge on any atom is -0.478 e. The van der Waals surface area contributed by atoms with Gasteiger partial charge in [0, 0.05) is 0 Å². The molecule has 0 atom stereocenters. The molecular formula is C10H10F3NO4S. The van der Waals surface area contributed by atoms with E-state index in [1.165, 1.54) is 17.7 Å². The lowest BCUT2D eigenvalue weighted by molar-refractivity contribution is -0.121. The molecule has 0 fully saturated rings. The van der Waals surface area contributed by atoms with Crippen LogP contribution in [-0.2, 0) is 10.0 Å². The number of halogens is 3. The largest absolute Gasteiger partial charge is 0.478 e. The van der Waals surface area contributed by atoms with Crippen LogP contribution in [0.5, 0.6) is 0 Å². The molecule has 0 aliphatic heterocycles. The highest BCUT2D eigenvalue weighted by atomic mass is 32.2. The molecule has 0 radical (unpaired) electrons. The molecule has 0 spiro atoms. The van der Waals surface area contributed by atoms with Gasteiger partial charge in [0.2, 0.25) is 10.0 Å². The molecule has 0 aliphatic rings. The van der Waals surface area contributed by atoms with E-state index >= 15 is 0 Å². The predicted octanol–water partition coefficient (Wildman–Crippen LogP) is 1.53. The Hall–Kier alpha value is -1.61. The second kappa shape index (κ2) is 5.17. The third-order valence-electron chi connectivity index (χ3n) is 2.27. The molecule has 0 heterocycles. The number of sulfonamides is 1. The number of carbonyl (C=O) groups is 1. The molecule has 0 saturated carbocycles. The Kier molecular flexibility index (Phi) is 4.21. The molecule has 106 valence electrons. The van der Waals surface area contributed by atoms with Gasteiger partial charge in [0.05, 0.1) is 10.5 Å². The topological polar surface area (TPSA) is 83.5 Å². The van der Waals surface area contributed by atoms with Crippen molar-refractivity contribution in [2.45, 2.75) is 18.0 Å². The molecule has 1 aromatic rings. The highest BCUT2D eigenvalue weighted by Gasteiger charge is 2.31. The van der Waals surface area contributed by atoms with Crippen molar-refractivity contribution in [1.82, 2.24) is 4.72 Å². The number of carboxylic acids is 1. The van der Waals surface area contributed by atoms with Crippen LogP contribution in [0.1, 0.15) is 15.9 Å². The average molecular weight is 297 g/mol. The van der Waals surface area contributed by atoms with Crippen molar-refractivity contribution in [1.29, 1.82) is 0 Å². The lowest BCUT2D eigenvalue weighted by Crippen LogP contribution is -2.34. The van der Waals surface area contributed by atoms with Gasteiger partial charge in [-0.25, -0.2) is 17.9 Å². The van der Waals surface area contributed by atoms with Crippen LogP contribution in [0.25, 0.3) is 0 Å². The Morgan fingerprint density at radius 1 is 1.37 bits per heavy atom. The Morgan fingerprint density at radius 3 is 2.42 bits per heavy atom. The number of hydrogen-bond acceptors (Lipinski definition) is 3. The molecule has 0 saturated heterocycles. The summed E-state index contributed by atoms with van der Waals surface area (Å²) in [5, 5.41) is 8.82. The first-order valence-electron chi connectivity index (χ1n) is 4.94. The first-order chi connectivity index (χ1) is 8.54. The monoisotopic (exact) mass is 297 g/mol. The third kappa shape index (κ3) is 3.93. The SMILES string of the molecule is Cc1c(C(=O)O)cccc1S(=O)(=O)NCC(F)(F)F. The molecule has 0 unspecified atom stereocenters. The first kappa shape index (κ1) is 15.4. The van der Waals surface area contributed by atoms with Crippen LogP contribution in [0, 0.1) is 6.92 Å². The Bertz CT molecular complexity index is 595. The fourth-order valence-electron chi connectivity index (χ4n) is 1.39. The molecule has 0 aliphatic carbocycles. The van der Waals surface area contributed by atoms with Gasteiger partial charge < -0.3 is 5.11 Å². The zero-order valence-corrected chi connectivity index (χ0v) is 10.5. The highest BCUT2D eigenvalue weighted by molar-refractivity contribution is 7.89. The molecule has 1 rings (SSSR count). The van der Waals surface area contributed by atoms with Crippen LogP contribution < -0.4 is 4.72 Å². The van der Waals surface area contributed by atoms with E-state index in [9.17, 15) is 26.4 Å². The number of nitrogens with one attached hydrogen (secondary N) is 1. The van der Waals surface area contributed by atoms with Gasteiger partial charge in [0.25, 0.3) is 0 Å². The maximum Gasteiger partial charge on any atom is 0.402 e. The fraction of sp³-hybridized carbons (Fsp3) is 0.300. The Labute approximate surface area is 107 Å². The summed E-state index contributed by atoms with van der Waals surface area (Å²) < 4.78 is 60.7. The fourth-order valence-corrected chi connectivity index (χ4v) is 2.67. The van der Waals surface area contributed by atoms with Crippen LogP contribution in [0.15, 0.2) is 23.1 Å². The standard InChI is InChI=1S/C10H10F3NO4S/c1-6-7(9(15)16)3-2-4-8(6)19(17,18)14-5-10(11,12)13/h2-4,14H,5H2,1H3,(H,15,16). The number of benzene rings is 1. The lowest BCUT2D eigenvalue weighted by atomic mass is 10.1. The maximum absolute atomic E-state index is 12.0. The van der Waals surface area contributed by atoms with E-state index in [0.29, 0.717) is 0 Å². The quantitative estimate of drug-likeness (QED) is 0.883. The van der Waals surface area contributed by atoms with Crippen LogP contribution in [-0.4, -0.2) is 32.2 Å². The van der Waals surface area contributed by atoms with Gasteiger partial charge in [0.1, 0.15) is 6.54 Å². The Balaban J connectivity index is 3.16. The van der Waals surface area contributed by atoms with Gasteiger partial charge in [-0.2, -0.15) is 13.2 Å². The number of alkyl halides is 3. The van der Waals surface area contributed by atoms with E-state index < -0.39 is 33.6 Å². The average Bonchev–Trinajstić information content (AvgIpc) is 2.25. The smallest absolute Gasteiger partial charge is 0.402 e. The summed E-state index contributed by atoms with van der Waals surface area (Å²) in [6.45, 7) is -0.502. The van der Waals surface area contributed by atoms with E-state index in [4.69, 9.17) is 5.11 Å². The summed E-state index contributed by atoms with van der Waals surface area (Å²) in [6.07, 6.45) is -4.69. The maximum atomic E-state index is 12.0. The van der Waals surface area contributed by atoms with Crippen LogP contribution in [0.3, 0.4) is 0 Å². The molecule has 5 nitrogen and oxygen atoms in total. The van der Waals surface area contributed by atoms with Crippen molar-refractivity contribution in [3.8, 4) is 0 Å². The zero-order chi connectivity index (χ0) is 14.8. The van der Waals surface area contributed by atoms with Gasteiger partial charge in [-0.3, -0.25) is 0 Å². The summed E-state index contributed by atoms with van der Waals surface area (Å²) >= 11 is 0. The second-order valence-electron chi connectivity index (χ2n) is 3.67. The van der Waals surface area contributed by atoms with Crippen molar-refractivity contribution >= 4 is 16.0 Å². The van der Waals surface area contributed by atoms with E-state index in [-0.39, 0.29) is 11.1 Å². The van der Waals surface area contributed by atoms with Crippen LogP contribution in [0.4, 0.5) is 13.2 Å². The molecule has 2 N–H and O–H groups in total. The summed E-state index contributed by atoms with van der Waals surface area (Å²) in [5.41, 5.74) is -0.403. The lowest BCUT2D eigenvalue weighted by Gasteiger charge is -2.12. The van der Waals surface area contributed by atoms with Crippen molar-refractivity contribution < 1.29 is 31.5 Å². The minimum absolute atomic E-state index is 0.121. The molecule has 9 heteroatoms. The number of aromatic carboxylic acids is 1. The highest BCUT2D eigenvalue weighted by Crippen LogP contribution is 2.20. The van der Waals surface area contributed by atoms with E-state index in [1.807, 2.05) is 0 Å². The van der Waals surface area contributed by atoms with Crippen LogP contribution >= 0.6 is 0 Å². The summed E-state index contributed by atoms with van der Waals surface area (Å²) in [6, 6.07) is 3.36. The van der Waals surface area contributed by atoms with Crippen LogP contribution in [0.2, 0.25) is 0 Å². The molecule has 0 amide bonds. The van der Waals surface area contributed by atoms with Gasteiger partial charge >= 0.3 is 12.1 Å². The van der Waals surface area contributed by atoms with Crippen molar-refractivity contribution in [3.05, 3.63) is 29.3 Å². The molecular weight excluding hydrogens is 287 g/mol. The van der Waals surface area contributed by atoms with Gasteiger partial charge in [-0.1, -0.05) is 6.07 Å². The summed E-state index contributed by atoms with van der Waals surface area (Å²) in [7, 11) is -4.41. The zero-order valence-electron chi connectivity index (χ0n) is 9.65. The number of carboxylic acid groups (broad SMARTS) is 1. The van der Waals surface area contributed by atoms with E-state index in [0.717, 1.165) is 12.1 Å². The molecule has 19 heavy (non-hydrogen) atoms. The first-order valence-corrected chi connectivity index (χ1v) is 6.42. The Morgan fingerprint density at radius 2 is 1.95 bits per heavy atom. The minimum atomic E-state index is -4.69. The predicted molar refractivity (Wildman–Crippen MR) is 59.4 cm³/mol. The summed E-state index contributed by atoms with van der Waals surface area (Å²) in [4.78, 5) is 10.3. The van der Waals surface area contributed by atoms with Crippen molar-refractivity contribution in [2.24, 2.45) is 0 Å². The third-order valence-corrected chi connectivity index (χ3v) is 3.81. The molecule has 0 bridgehead atoms. The number of hydrogen-bond donors (Lipinski definition) is 2. The number of rotatable bonds is 4. The van der Waals surface area contributed by atoms with E-state index in [1.54, 1.807) is 0 Å². The van der Waals surface area contributed by atoms with E-state index in [2.05, 4.69) is 0 Å². The van der Waals surface area contributed by atoms with Crippen molar-refractivity contribution in [3.63, 3.8) is 0 Å². The molecule has 1 aromatic carbocycles. The second-order valence-corrected chi connectivity index (χ2v) is 5.41. The normalized spacial score (nSPS) is 12.4. The summed E-state index contributed by atoms with van der Waals surface area (Å²) in [5.74, 6) is -1.36. The molecule has 0 aromatic heterocycles.